The van der Waals surface area contributed by atoms with Gasteiger partial charge in [-0.3, -0.25) is 0 Å². The van der Waals surface area contributed by atoms with E-state index in [1.165, 1.54) is 24.1 Å². The fourth-order valence-corrected chi connectivity index (χ4v) is 4.09. The normalized spacial score (nSPS) is 18.4. The number of nitrogens with zero attached hydrogens (tertiary/aromatic N) is 5. The van der Waals surface area contributed by atoms with E-state index in [9.17, 15) is 0 Å². The molecule has 116 valence electrons. The van der Waals surface area contributed by atoms with Crippen molar-refractivity contribution in [1.82, 2.24) is 15.0 Å². The molecule has 0 saturated carbocycles. The molecular formula is C16H21N5S. The minimum Gasteiger partial charge on any atom is -0.347 e. The van der Waals surface area contributed by atoms with Gasteiger partial charge in [0.1, 0.15) is 0 Å². The molecule has 0 spiro atoms. The summed E-state index contributed by atoms with van der Waals surface area (Å²) in [6.45, 7) is 6.34. The molecule has 0 aliphatic carbocycles. The number of rotatable bonds is 2. The summed E-state index contributed by atoms with van der Waals surface area (Å²) < 4.78 is 0. The topological polar surface area (TPSA) is 45.2 Å². The fraction of sp³-hybridized carbons (Fsp3) is 0.562. The highest BCUT2D eigenvalue weighted by Gasteiger charge is 2.22. The van der Waals surface area contributed by atoms with Gasteiger partial charge in [0, 0.05) is 49.9 Å². The average Bonchev–Trinajstić information content (AvgIpc) is 3.19. The molecule has 0 bridgehead atoms. The minimum atomic E-state index is 0.941. The largest absolute Gasteiger partial charge is 0.347 e. The van der Waals surface area contributed by atoms with E-state index in [2.05, 4.69) is 21.7 Å². The van der Waals surface area contributed by atoms with Crippen LogP contribution < -0.4 is 9.80 Å². The Labute approximate surface area is 135 Å². The van der Waals surface area contributed by atoms with Crippen molar-refractivity contribution in [2.45, 2.75) is 32.6 Å². The Bertz CT molecular complexity index is 649. The lowest BCUT2D eigenvalue weighted by molar-refractivity contribution is 0.796. The molecule has 0 unspecified atom stereocenters. The molecule has 0 radical (unpaired) electrons. The van der Waals surface area contributed by atoms with E-state index < -0.39 is 0 Å². The van der Waals surface area contributed by atoms with Gasteiger partial charge in [-0.1, -0.05) is 0 Å². The average molecular weight is 315 g/mol. The van der Waals surface area contributed by atoms with Crippen LogP contribution in [-0.4, -0.2) is 41.1 Å². The van der Waals surface area contributed by atoms with E-state index in [-0.39, 0.29) is 0 Å². The third-order valence-corrected chi connectivity index (χ3v) is 5.45. The van der Waals surface area contributed by atoms with Crippen molar-refractivity contribution in [2.75, 3.05) is 36.0 Å². The van der Waals surface area contributed by atoms with Crippen LogP contribution in [-0.2, 0) is 12.8 Å². The van der Waals surface area contributed by atoms with Crippen LogP contribution in [0.15, 0.2) is 11.6 Å². The van der Waals surface area contributed by atoms with E-state index in [0.717, 1.165) is 55.8 Å². The van der Waals surface area contributed by atoms with Crippen LogP contribution in [0.4, 0.5) is 11.1 Å². The van der Waals surface area contributed by atoms with Gasteiger partial charge in [-0.15, -0.1) is 11.3 Å². The van der Waals surface area contributed by atoms with Crippen molar-refractivity contribution in [1.29, 1.82) is 0 Å². The van der Waals surface area contributed by atoms with Crippen LogP contribution in [0.25, 0.3) is 0 Å². The van der Waals surface area contributed by atoms with Gasteiger partial charge in [0.25, 0.3) is 0 Å². The predicted octanol–water partition coefficient (Wildman–Crippen LogP) is 2.45. The Balaban J connectivity index is 1.60. The van der Waals surface area contributed by atoms with E-state index in [0.29, 0.717) is 0 Å². The van der Waals surface area contributed by atoms with E-state index in [1.807, 2.05) is 11.6 Å². The molecule has 0 amide bonds. The summed E-state index contributed by atoms with van der Waals surface area (Å²) >= 11 is 1.72. The van der Waals surface area contributed by atoms with Crippen LogP contribution >= 0.6 is 11.3 Å². The predicted molar refractivity (Wildman–Crippen MR) is 90.0 cm³/mol. The highest BCUT2D eigenvalue weighted by molar-refractivity contribution is 7.13. The van der Waals surface area contributed by atoms with Crippen LogP contribution in [0.1, 0.15) is 29.8 Å². The van der Waals surface area contributed by atoms with Gasteiger partial charge in [-0.05, 0) is 31.7 Å². The van der Waals surface area contributed by atoms with Crippen LogP contribution in [0, 0.1) is 6.92 Å². The molecule has 2 aliphatic rings. The lowest BCUT2D eigenvalue weighted by atomic mass is 10.1. The third kappa shape index (κ3) is 2.56. The van der Waals surface area contributed by atoms with Gasteiger partial charge in [-0.2, -0.15) is 0 Å². The number of fused-ring (bicyclic) bond motifs is 1. The van der Waals surface area contributed by atoms with Crippen LogP contribution in [0.3, 0.4) is 0 Å². The molecule has 6 heteroatoms. The first-order chi connectivity index (χ1) is 10.8. The Kier molecular flexibility index (Phi) is 3.70. The first kappa shape index (κ1) is 13.9. The van der Waals surface area contributed by atoms with Crippen LogP contribution in [0.5, 0.6) is 0 Å². The van der Waals surface area contributed by atoms with Gasteiger partial charge < -0.3 is 9.80 Å². The highest BCUT2D eigenvalue weighted by atomic mass is 32.1. The molecule has 1 fully saturated rings. The van der Waals surface area contributed by atoms with Crippen molar-refractivity contribution in [2.24, 2.45) is 0 Å². The number of thiazole rings is 1. The van der Waals surface area contributed by atoms with Crippen molar-refractivity contribution in [3.8, 4) is 0 Å². The zero-order valence-corrected chi connectivity index (χ0v) is 13.8. The molecule has 2 aromatic heterocycles. The number of aromatic nitrogens is 3. The maximum atomic E-state index is 4.90. The van der Waals surface area contributed by atoms with E-state index in [4.69, 9.17) is 9.97 Å². The second-order valence-corrected chi connectivity index (χ2v) is 6.90. The minimum absolute atomic E-state index is 0.941. The van der Waals surface area contributed by atoms with Crippen LogP contribution in [0.2, 0.25) is 0 Å². The fourth-order valence-electron chi connectivity index (χ4n) is 3.39. The molecular weight excluding hydrogens is 294 g/mol. The second kappa shape index (κ2) is 5.83. The van der Waals surface area contributed by atoms with E-state index >= 15 is 0 Å². The summed E-state index contributed by atoms with van der Waals surface area (Å²) in [5, 5.41) is 3.17. The van der Waals surface area contributed by atoms with Gasteiger partial charge in [0.15, 0.2) is 5.13 Å². The molecule has 4 heterocycles. The Morgan fingerprint density at radius 2 is 1.82 bits per heavy atom. The molecule has 2 aliphatic heterocycles. The lowest BCUT2D eigenvalue weighted by Crippen LogP contribution is -2.25. The van der Waals surface area contributed by atoms with Gasteiger partial charge in [0.2, 0.25) is 5.95 Å². The van der Waals surface area contributed by atoms with Gasteiger partial charge >= 0.3 is 0 Å². The molecule has 0 aromatic carbocycles. The lowest BCUT2D eigenvalue weighted by Gasteiger charge is -2.18. The van der Waals surface area contributed by atoms with Crippen molar-refractivity contribution < 1.29 is 0 Å². The summed E-state index contributed by atoms with van der Waals surface area (Å²) in [5.41, 5.74) is 3.75. The first-order valence-corrected chi connectivity index (χ1v) is 8.95. The Morgan fingerprint density at radius 1 is 1.00 bits per heavy atom. The molecule has 22 heavy (non-hydrogen) atoms. The van der Waals surface area contributed by atoms with Crippen molar-refractivity contribution in [3.63, 3.8) is 0 Å². The SMILES string of the molecule is Cc1nc(N2CCCC2)nc2c1CCN(c1nccs1)CC2. The molecule has 4 rings (SSSR count). The summed E-state index contributed by atoms with van der Waals surface area (Å²) in [4.78, 5) is 18.8. The number of hydrogen-bond donors (Lipinski definition) is 0. The molecule has 0 N–H and O–H groups in total. The summed E-state index contributed by atoms with van der Waals surface area (Å²) in [6.07, 6.45) is 6.41. The van der Waals surface area contributed by atoms with Gasteiger partial charge in [-0.25, -0.2) is 15.0 Å². The van der Waals surface area contributed by atoms with E-state index in [1.54, 1.807) is 11.3 Å². The maximum Gasteiger partial charge on any atom is 0.225 e. The summed E-state index contributed by atoms with van der Waals surface area (Å²) in [7, 11) is 0. The number of hydrogen-bond acceptors (Lipinski definition) is 6. The molecule has 2 aromatic rings. The number of anilines is 2. The standard InChI is InChI=1S/C16H21N5S/c1-12-13-4-9-21(16-17-6-11-22-16)10-5-14(13)19-15(18-12)20-7-2-3-8-20/h6,11H,2-5,7-10H2,1H3. The zero-order chi connectivity index (χ0) is 14.9. The number of aryl methyl sites for hydroxylation is 1. The quantitative estimate of drug-likeness (QED) is 0.852. The smallest absolute Gasteiger partial charge is 0.225 e. The molecule has 1 saturated heterocycles. The molecule has 5 nitrogen and oxygen atoms in total. The van der Waals surface area contributed by atoms with Crippen molar-refractivity contribution in [3.05, 3.63) is 28.5 Å². The third-order valence-electron chi connectivity index (χ3n) is 4.62. The Hall–Kier alpha value is -1.69. The van der Waals surface area contributed by atoms with Gasteiger partial charge in [0.05, 0.1) is 5.69 Å². The second-order valence-electron chi connectivity index (χ2n) is 6.03. The maximum absolute atomic E-state index is 4.90. The first-order valence-electron chi connectivity index (χ1n) is 8.07. The molecule has 0 atom stereocenters. The zero-order valence-electron chi connectivity index (χ0n) is 13.0. The van der Waals surface area contributed by atoms with Crippen molar-refractivity contribution >= 4 is 22.4 Å². The highest BCUT2D eigenvalue weighted by Crippen LogP contribution is 2.25. The summed E-state index contributed by atoms with van der Waals surface area (Å²) in [5.74, 6) is 0.941. The summed E-state index contributed by atoms with van der Waals surface area (Å²) in [6, 6.07) is 0. The monoisotopic (exact) mass is 315 g/mol. The Morgan fingerprint density at radius 3 is 2.59 bits per heavy atom.